The van der Waals surface area contributed by atoms with Crippen LogP contribution in [0.5, 0.6) is 0 Å². The second-order valence-electron chi connectivity index (χ2n) is 7.85. The highest BCUT2D eigenvalue weighted by Crippen LogP contribution is 2.30. The van der Waals surface area contributed by atoms with Crippen LogP contribution in [0.4, 0.5) is 5.69 Å². The van der Waals surface area contributed by atoms with Crippen LogP contribution < -0.4 is 4.72 Å². The Morgan fingerprint density at radius 1 is 0.963 bits per heavy atom. The second-order valence-corrected chi connectivity index (χ2v) is 9.50. The molecule has 142 valence electrons. The van der Waals surface area contributed by atoms with Crippen LogP contribution in [0.15, 0.2) is 59.6 Å². The van der Waals surface area contributed by atoms with E-state index in [9.17, 15) is 8.42 Å². The van der Waals surface area contributed by atoms with Gasteiger partial charge >= 0.3 is 0 Å². The van der Waals surface area contributed by atoms with Crippen molar-refractivity contribution < 1.29 is 8.42 Å². The molecule has 0 unspecified atom stereocenters. The largest absolute Gasteiger partial charge is 0.280 e. The third-order valence-corrected chi connectivity index (χ3v) is 5.56. The highest BCUT2D eigenvalue weighted by Gasteiger charge is 2.30. The molecule has 0 saturated carbocycles. The van der Waals surface area contributed by atoms with Gasteiger partial charge in [0.1, 0.15) is 4.90 Å². The molecule has 5 nitrogen and oxygen atoms in total. The van der Waals surface area contributed by atoms with Crippen LogP contribution in [-0.2, 0) is 15.4 Å². The van der Waals surface area contributed by atoms with Crippen LogP contribution in [0, 0.1) is 13.8 Å². The van der Waals surface area contributed by atoms with E-state index in [-0.39, 0.29) is 4.90 Å². The molecule has 27 heavy (non-hydrogen) atoms. The Kier molecular flexibility index (Phi) is 4.86. The van der Waals surface area contributed by atoms with Gasteiger partial charge in [-0.2, -0.15) is 5.10 Å². The first-order valence-corrected chi connectivity index (χ1v) is 10.3. The highest BCUT2D eigenvalue weighted by molar-refractivity contribution is 7.92. The number of aromatic nitrogens is 2. The lowest BCUT2D eigenvalue weighted by molar-refractivity contribution is 0.543. The van der Waals surface area contributed by atoms with Gasteiger partial charge in [0.15, 0.2) is 0 Å². The van der Waals surface area contributed by atoms with Crippen LogP contribution in [0.1, 0.15) is 37.6 Å². The summed E-state index contributed by atoms with van der Waals surface area (Å²) in [6.07, 6.45) is 1.58. The van der Waals surface area contributed by atoms with E-state index in [1.807, 2.05) is 83.1 Å². The molecule has 6 heteroatoms. The summed E-state index contributed by atoms with van der Waals surface area (Å²) in [5.41, 5.74) is 3.48. The van der Waals surface area contributed by atoms with Gasteiger partial charge in [-0.25, -0.2) is 13.1 Å². The molecule has 0 aliphatic heterocycles. The summed E-state index contributed by atoms with van der Waals surface area (Å²) in [5, 5.41) is 4.59. The van der Waals surface area contributed by atoms with E-state index in [1.165, 1.54) is 0 Å². The van der Waals surface area contributed by atoms with Gasteiger partial charge in [-0.3, -0.25) is 4.72 Å². The van der Waals surface area contributed by atoms with E-state index in [1.54, 1.807) is 10.9 Å². The van der Waals surface area contributed by atoms with Crippen molar-refractivity contribution in [1.29, 1.82) is 0 Å². The number of sulfonamides is 1. The Bertz CT molecular complexity index is 1040. The van der Waals surface area contributed by atoms with E-state index >= 15 is 0 Å². The number of nitrogens with one attached hydrogen (secondary N) is 1. The number of benzene rings is 2. The smallest absolute Gasteiger partial charge is 0.265 e. The molecule has 0 radical (unpaired) electrons. The third-order valence-electron chi connectivity index (χ3n) is 4.18. The SMILES string of the molecule is Cc1cc(C)cc(NS(=O)(=O)c2cn(-c3ccccc3)nc2C(C)(C)C)c1. The van der Waals surface area contributed by atoms with Gasteiger partial charge in [-0.05, 0) is 49.2 Å². The second kappa shape index (κ2) is 6.85. The zero-order valence-electron chi connectivity index (χ0n) is 16.3. The Morgan fingerprint density at radius 3 is 2.11 bits per heavy atom. The van der Waals surface area contributed by atoms with Crippen molar-refractivity contribution in [3.05, 3.63) is 71.5 Å². The first kappa shape index (κ1) is 19.2. The Morgan fingerprint density at radius 2 is 1.56 bits per heavy atom. The molecule has 0 atom stereocenters. The van der Waals surface area contributed by atoms with Gasteiger partial charge in [0, 0.05) is 11.1 Å². The third kappa shape index (κ3) is 4.22. The van der Waals surface area contributed by atoms with Crippen molar-refractivity contribution in [2.24, 2.45) is 0 Å². The lowest BCUT2D eigenvalue weighted by Crippen LogP contribution is -2.20. The maximum atomic E-state index is 13.2. The number of nitrogens with zero attached hydrogens (tertiary/aromatic N) is 2. The molecule has 3 rings (SSSR count). The minimum atomic E-state index is -3.78. The number of para-hydroxylation sites is 1. The van der Waals surface area contributed by atoms with E-state index in [2.05, 4.69) is 9.82 Å². The number of aryl methyl sites for hydroxylation is 2. The predicted molar refractivity (Wildman–Crippen MR) is 109 cm³/mol. The van der Waals surface area contributed by atoms with E-state index in [0.29, 0.717) is 11.4 Å². The van der Waals surface area contributed by atoms with Gasteiger partial charge in [0.05, 0.1) is 17.6 Å². The van der Waals surface area contributed by atoms with Crippen LogP contribution in [0.3, 0.4) is 0 Å². The topological polar surface area (TPSA) is 64.0 Å². The van der Waals surface area contributed by atoms with Crippen LogP contribution in [0.2, 0.25) is 0 Å². The molecule has 0 saturated heterocycles. The molecule has 0 aliphatic rings. The predicted octanol–water partition coefficient (Wildman–Crippen LogP) is 4.59. The summed E-state index contributed by atoms with van der Waals surface area (Å²) in [6, 6.07) is 15.2. The molecule has 1 N–H and O–H groups in total. The Labute approximate surface area is 161 Å². The molecule has 0 spiro atoms. The Hall–Kier alpha value is -2.60. The monoisotopic (exact) mass is 383 g/mol. The fourth-order valence-electron chi connectivity index (χ4n) is 3.03. The first-order chi connectivity index (χ1) is 12.6. The minimum Gasteiger partial charge on any atom is -0.280 e. The van der Waals surface area contributed by atoms with Crippen molar-refractivity contribution in [2.75, 3.05) is 4.72 Å². The number of hydrogen-bond acceptors (Lipinski definition) is 3. The minimum absolute atomic E-state index is 0.193. The van der Waals surface area contributed by atoms with Gasteiger partial charge in [-0.15, -0.1) is 0 Å². The molecule has 0 bridgehead atoms. The molecule has 1 aromatic heterocycles. The van der Waals surface area contributed by atoms with E-state index in [0.717, 1.165) is 16.8 Å². The lowest BCUT2D eigenvalue weighted by atomic mass is 9.92. The average Bonchev–Trinajstić information content (AvgIpc) is 3.01. The van der Waals surface area contributed by atoms with Crippen molar-refractivity contribution in [1.82, 2.24) is 9.78 Å². The first-order valence-electron chi connectivity index (χ1n) is 8.83. The summed E-state index contributed by atoms with van der Waals surface area (Å²) in [7, 11) is -3.78. The molecule has 2 aromatic carbocycles. The highest BCUT2D eigenvalue weighted by atomic mass is 32.2. The molecule has 0 fully saturated rings. The number of anilines is 1. The fourth-order valence-corrected chi connectivity index (χ4v) is 4.41. The van der Waals surface area contributed by atoms with E-state index in [4.69, 9.17) is 0 Å². The van der Waals surface area contributed by atoms with Gasteiger partial charge in [-0.1, -0.05) is 45.0 Å². The maximum absolute atomic E-state index is 13.2. The molecule has 0 amide bonds. The van der Waals surface area contributed by atoms with Crippen LogP contribution in [0.25, 0.3) is 5.69 Å². The fraction of sp³-hybridized carbons (Fsp3) is 0.286. The van der Waals surface area contributed by atoms with E-state index < -0.39 is 15.4 Å². The van der Waals surface area contributed by atoms with Gasteiger partial charge in [0.2, 0.25) is 0 Å². The maximum Gasteiger partial charge on any atom is 0.265 e. The zero-order chi connectivity index (χ0) is 19.8. The quantitative estimate of drug-likeness (QED) is 0.717. The van der Waals surface area contributed by atoms with Crippen molar-refractivity contribution in [3.8, 4) is 5.69 Å². The summed E-state index contributed by atoms with van der Waals surface area (Å²) in [4.78, 5) is 0.193. The summed E-state index contributed by atoms with van der Waals surface area (Å²) >= 11 is 0. The van der Waals surface area contributed by atoms with Crippen LogP contribution in [-0.4, -0.2) is 18.2 Å². The van der Waals surface area contributed by atoms with Gasteiger partial charge < -0.3 is 0 Å². The molecule has 1 heterocycles. The summed E-state index contributed by atoms with van der Waals surface area (Å²) in [5.74, 6) is 0. The van der Waals surface area contributed by atoms with Gasteiger partial charge in [0.25, 0.3) is 10.0 Å². The van der Waals surface area contributed by atoms with Crippen molar-refractivity contribution in [3.63, 3.8) is 0 Å². The summed E-state index contributed by atoms with van der Waals surface area (Å²) in [6.45, 7) is 9.76. The molecule has 3 aromatic rings. The number of hydrogen-bond donors (Lipinski definition) is 1. The standard InChI is InChI=1S/C21H25N3O2S/c1-15-11-16(2)13-17(12-15)23-27(25,26)19-14-24(18-9-7-6-8-10-18)22-20(19)21(3,4)5/h6-14,23H,1-5H3. The van der Waals surface area contributed by atoms with Crippen LogP contribution >= 0.6 is 0 Å². The number of rotatable bonds is 4. The zero-order valence-corrected chi connectivity index (χ0v) is 17.1. The molecular formula is C21H25N3O2S. The summed E-state index contributed by atoms with van der Waals surface area (Å²) < 4.78 is 30.7. The van der Waals surface area contributed by atoms with Crippen molar-refractivity contribution in [2.45, 2.75) is 44.9 Å². The molecule has 0 aliphatic carbocycles. The molecular weight excluding hydrogens is 358 g/mol. The lowest BCUT2D eigenvalue weighted by Gasteiger charge is -2.18. The normalized spacial score (nSPS) is 12.2. The van der Waals surface area contributed by atoms with Crippen molar-refractivity contribution >= 4 is 15.7 Å². The Balaban J connectivity index is 2.09. The average molecular weight is 384 g/mol.